The molecule has 0 aromatic heterocycles. The summed E-state index contributed by atoms with van der Waals surface area (Å²) in [6, 6.07) is 28.9. The minimum Gasteiger partial charge on any atom is -0.494 e. The second kappa shape index (κ2) is 26.9. The molecule has 320 valence electrons. The van der Waals surface area contributed by atoms with Crippen LogP contribution < -0.4 is 14.2 Å². The molecular weight excluding hydrogens is 781 g/mol. The summed E-state index contributed by atoms with van der Waals surface area (Å²) in [5, 5.41) is 0. The Morgan fingerprint density at radius 1 is 0.492 bits per heavy atom. The zero-order valence-electron chi connectivity index (χ0n) is 34.2. The van der Waals surface area contributed by atoms with Crippen LogP contribution in [0.4, 0.5) is 0 Å². The van der Waals surface area contributed by atoms with Gasteiger partial charge in [0, 0.05) is 18.2 Å². The summed E-state index contributed by atoms with van der Waals surface area (Å²) in [4.78, 5) is 60.7. The maximum absolute atomic E-state index is 13.1. The molecule has 0 amide bonds. The molecule has 4 rings (SSSR count). The maximum Gasteiger partial charge on any atom is 0.343 e. The fraction of sp³-hybridized carbons (Fsp3) is 0.286. The predicted molar refractivity (Wildman–Crippen MR) is 229 cm³/mol. The van der Waals surface area contributed by atoms with Crippen molar-refractivity contribution in [2.24, 2.45) is 0 Å². The molecule has 0 fully saturated rings. The van der Waals surface area contributed by atoms with Gasteiger partial charge in [-0.1, -0.05) is 55.6 Å². The van der Waals surface area contributed by atoms with E-state index in [2.05, 4.69) is 13.2 Å². The molecule has 61 heavy (non-hydrogen) atoms. The van der Waals surface area contributed by atoms with E-state index in [1.54, 1.807) is 103 Å². The van der Waals surface area contributed by atoms with Crippen LogP contribution in [-0.4, -0.2) is 62.9 Å². The van der Waals surface area contributed by atoms with Crippen molar-refractivity contribution < 1.29 is 57.1 Å². The first-order valence-corrected chi connectivity index (χ1v) is 20.2. The molecule has 0 aliphatic carbocycles. The van der Waals surface area contributed by atoms with Gasteiger partial charge in [0.1, 0.15) is 23.9 Å². The molecule has 0 N–H and O–H groups in total. The molecule has 0 heterocycles. The number of hydrogen-bond donors (Lipinski definition) is 0. The molecule has 0 saturated carbocycles. The van der Waals surface area contributed by atoms with Crippen molar-refractivity contribution in [1.82, 2.24) is 0 Å². The van der Waals surface area contributed by atoms with Crippen molar-refractivity contribution in [1.29, 1.82) is 0 Å². The summed E-state index contributed by atoms with van der Waals surface area (Å²) in [5.74, 6) is -1.01. The third-order valence-corrected chi connectivity index (χ3v) is 8.92. The van der Waals surface area contributed by atoms with E-state index in [1.807, 2.05) is 6.07 Å². The van der Waals surface area contributed by atoms with Crippen LogP contribution in [0.5, 0.6) is 17.2 Å². The van der Waals surface area contributed by atoms with Gasteiger partial charge < -0.3 is 33.2 Å². The Kier molecular flexibility index (Phi) is 20.6. The SMILES string of the molecule is C=CC(=O)OCCCCCCOc1ccc(C(=O)Oc2ccc(C=CC(=O)OCC(OC(=O)c3ccc(OCCCCCCOC(=O)C=C)cc3)c3ccccc3)cc2)cc1. The van der Waals surface area contributed by atoms with Crippen LogP contribution >= 0.6 is 0 Å². The lowest BCUT2D eigenvalue weighted by molar-refractivity contribution is -0.141. The lowest BCUT2D eigenvalue weighted by Gasteiger charge is -2.18. The molecule has 0 aliphatic rings. The third kappa shape index (κ3) is 18.2. The number of carbonyl (C=O) groups excluding carboxylic acids is 5. The van der Waals surface area contributed by atoms with Crippen LogP contribution in [0.15, 0.2) is 135 Å². The Bertz CT molecular complexity index is 2020. The zero-order chi connectivity index (χ0) is 43.5. The zero-order valence-corrected chi connectivity index (χ0v) is 34.2. The second-order valence-corrected chi connectivity index (χ2v) is 13.5. The molecule has 0 spiro atoms. The predicted octanol–water partition coefficient (Wildman–Crippen LogP) is 9.40. The number of esters is 5. The first kappa shape index (κ1) is 46.7. The summed E-state index contributed by atoms with van der Waals surface area (Å²) in [5.41, 5.74) is 1.99. The van der Waals surface area contributed by atoms with Crippen molar-refractivity contribution in [3.05, 3.63) is 157 Å². The summed E-state index contributed by atoms with van der Waals surface area (Å²) in [7, 11) is 0. The normalized spacial score (nSPS) is 11.1. The van der Waals surface area contributed by atoms with Gasteiger partial charge in [0.2, 0.25) is 0 Å². The number of hydrogen-bond acceptors (Lipinski definition) is 12. The fourth-order valence-corrected chi connectivity index (χ4v) is 5.58. The topological polar surface area (TPSA) is 150 Å². The van der Waals surface area contributed by atoms with Gasteiger partial charge >= 0.3 is 29.8 Å². The molecular formula is C49H52O12. The van der Waals surface area contributed by atoms with Crippen LogP contribution in [0.2, 0.25) is 0 Å². The molecule has 12 nitrogen and oxygen atoms in total. The monoisotopic (exact) mass is 832 g/mol. The molecule has 1 atom stereocenters. The molecule has 12 heteroatoms. The Morgan fingerprint density at radius 3 is 1.48 bits per heavy atom. The highest BCUT2D eigenvalue weighted by atomic mass is 16.6. The molecule has 4 aromatic rings. The van der Waals surface area contributed by atoms with E-state index in [0.29, 0.717) is 65.9 Å². The van der Waals surface area contributed by atoms with Gasteiger partial charge in [0.15, 0.2) is 6.10 Å². The number of carbonyl (C=O) groups is 5. The largest absolute Gasteiger partial charge is 0.494 e. The van der Waals surface area contributed by atoms with Crippen LogP contribution in [0.1, 0.15) is 89.3 Å². The first-order valence-electron chi connectivity index (χ1n) is 20.2. The van der Waals surface area contributed by atoms with Gasteiger partial charge in [-0.3, -0.25) is 0 Å². The Hall–Kier alpha value is -6.95. The van der Waals surface area contributed by atoms with Gasteiger partial charge in [-0.15, -0.1) is 0 Å². The highest BCUT2D eigenvalue weighted by molar-refractivity contribution is 5.91. The van der Waals surface area contributed by atoms with E-state index in [-0.39, 0.29) is 6.61 Å². The molecule has 0 bridgehead atoms. The van der Waals surface area contributed by atoms with E-state index in [9.17, 15) is 24.0 Å². The number of unbranched alkanes of at least 4 members (excludes halogenated alkanes) is 6. The van der Waals surface area contributed by atoms with E-state index in [1.165, 1.54) is 6.08 Å². The lowest BCUT2D eigenvalue weighted by Crippen LogP contribution is -2.18. The Balaban J connectivity index is 1.17. The smallest absolute Gasteiger partial charge is 0.343 e. The van der Waals surface area contributed by atoms with Gasteiger partial charge in [-0.05, 0) is 129 Å². The Morgan fingerprint density at radius 2 is 0.967 bits per heavy atom. The summed E-state index contributed by atoms with van der Waals surface area (Å²) >= 11 is 0. The minimum atomic E-state index is -0.857. The van der Waals surface area contributed by atoms with Gasteiger partial charge in [0.25, 0.3) is 0 Å². The summed E-state index contributed by atoms with van der Waals surface area (Å²) in [6.07, 6.45) is 11.2. The average Bonchev–Trinajstić information content (AvgIpc) is 3.29. The molecule has 0 aliphatic heterocycles. The second-order valence-electron chi connectivity index (χ2n) is 13.5. The Labute approximate surface area is 356 Å². The maximum atomic E-state index is 13.1. The van der Waals surface area contributed by atoms with Crippen LogP contribution in [-0.2, 0) is 33.3 Å². The average molecular weight is 833 g/mol. The number of ether oxygens (including phenoxy) is 7. The van der Waals surface area contributed by atoms with E-state index in [0.717, 1.165) is 63.5 Å². The van der Waals surface area contributed by atoms with Gasteiger partial charge in [0.05, 0.1) is 37.6 Å². The van der Waals surface area contributed by atoms with Crippen molar-refractivity contribution >= 4 is 35.9 Å². The lowest BCUT2D eigenvalue weighted by atomic mass is 10.1. The molecule has 0 saturated heterocycles. The molecule has 4 aromatic carbocycles. The van der Waals surface area contributed by atoms with Crippen molar-refractivity contribution in [3.8, 4) is 17.2 Å². The highest BCUT2D eigenvalue weighted by Crippen LogP contribution is 2.22. The number of rotatable bonds is 27. The van der Waals surface area contributed by atoms with E-state index >= 15 is 0 Å². The highest BCUT2D eigenvalue weighted by Gasteiger charge is 2.20. The number of benzene rings is 4. The van der Waals surface area contributed by atoms with Crippen molar-refractivity contribution in [2.75, 3.05) is 33.0 Å². The standard InChI is InChI=1S/C49H52O12/c1-3-45(50)57-34-14-7-5-12-32-55-41-27-21-39(22-28-41)48(53)60-43-25-18-37(19-26-43)20-31-47(52)59-36-44(38-16-10-9-11-17-38)61-49(54)40-23-29-42(30-24-40)56-33-13-6-8-15-35-58-46(51)4-2/h3-4,9-11,16-31,44H,1-2,5-8,12-15,32-36H2. The van der Waals surface area contributed by atoms with Gasteiger partial charge in [-0.25, -0.2) is 24.0 Å². The van der Waals surface area contributed by atoms with Crippen molar-refractivity contribution in [2.45, 2.75) is 57.5 Å². The van der Waals surface area contributed by atoms with Crippen LogP contribution in [0.3, 0.4) is 0 Å². The van der Waals surface area contributed by atoms with Crippen molar-refractivity contribution in [3.63, 3.8) is 0 Å². The van der Waals surface area contributed by atoms with Gasteiger partial charge in [-0.2, -0.15) is 0 Å². The summed E-state index contributed by atoms with van der Waals surface area (Å²) in [6.45, 7) is 8.30. The molecule has 0 radical (unpaired) electrons. The van der Waals surface area contributed by atoms with E-state index in [4.69, 9.17) is 33.2 Å². The molecule has 1 unspecified atom stereocenters. The van der Waals surface area contributed by atoms with E-state index < -0.39 is 36.0 Å². The quantitative estimate of drug-likeness (QED) is 0.0185. The van der Waals surface area contributed by atoms with Crippen LogP contribution in [0.25, 0.3) is 6.08 Å². The first-order chi connectivity index (χ1) is 29.7. The summed E-state index contributed by atoms with van der Waals surface area (Å²) < 4.78 is 38.3. The third-order valence-electron chi connectivity index (χ3n) is 8.92. The van der Waals surface area contributed by atoms with Crippen LogP contribution in [0, 0.1) is 0 Å². The minimum absolute atomic E-state index is 0.212. The fourth-order valence-electron chi connectivity index (χ4n) is 5.58.